The van der Waals surface area contributed by atoms with E-state index < -0.39 is 22.0 Å². The number of Topliss-reactive ketones (excluding diaryl/α,β-unsaturated/α-hetero) is 1. The number of aromatic nitrogens is 4. The molecule has 0 unspecified atom stereocenters. The van der Waals surface area contributed by atoms with Crippen LogP contribution in [0.4, 0.5) is 5.69 Å². The van der Waals surface area contributed by atoms with Crippen molar-refractivity contribution in [1.82, 2.24) is 19.1 Å². The van der Waals surface area contributed by atoms with Gasteiger partial charge in [0.25, 0.3) is 11.2 Å². The third-order valence-corrected chi connectivity index (χ3v) is 3.95. The van der Waals surface area contributed by atoms with Crippen LogP contribution in [0.1, 0.15) is 10.4 Å². The predicted molar refractivity (Wildman–Crippen MR) is 88.0 cm³/mol. The van der Waals surface area contributed by atoms with E-state index in [0.717, 1.165) is 4.57 Å². The average Bonchev–Trinajstić information content (AvgIpc) is 2.90. The van der Waals surface area contributed by atoms with Crippen LogP contribution in [-0.4, -0.2) is 29.8 Å². The largest absolute Gasteiger partial charge is 0.329 e. The average molecular weight is 364 g/mol. The summed E-state index contributed by atoms with van der Waals surface area (Å²) in [5.74, 6) is -0.427. The van der Waals surface area contributed by atoms with E-state index in [4.69, 9.17) is 11.6 Å². The predicted octanol–water partition coefficient (Wildman–Crippen LogP) is 0.868. The van der Waals surface area contributed by atoms with Gasteiger partial charge in [-0.25, -0.2) is 4.79 Å². The number of H-pyrrole nitrogens is 1. The molecular weight excluding hydrogens is 354 g/mol. The quantitative estimate of drug-likeness (QED) is 0.316. The second-order valence-electron chi connectivity index (χ2n) is 5.18. The lowest BCUT2D eigenvalue weighted by molar-refractivity contribution is -0.384. The SMILES string of the molecule is Cn1c(=O)[nH]c(=O)c2c1nc(Cl)n2CC(=O)c1ccc([N+](=O)[O-])cc1. The molecule has 3 rings (SSSR count). The van der Waals surface area contributed by atoms with E-state index in [2.05, 4.69) is 9.97 Å². The van der Waals surface area contributed by atoms with Gasteiger partial charge in [-0.05, 0) is 23.7 Å². The van der Waals surface area contributed by atoms with E-state index in [0.29, 0.717) is 0 Å². The lowest BCUT2D eigenvalue weighted by atomic mass is 10.1. The number of rotatable bonds is 4. The van der Waals surface area contributed by atoms with Crippen molar-refractivity contribution >= 4 is 34.2 Å². The molecule has 0 aliphatic heterocycles. The minimum atomic E-state index is -0.714. The van der Waals surface area contributed by atoms with Gasteiger partial charge in [0.1, 0.15) is 0 Å². The van der Waals surface area contributed by atoms with Crippen molar-refractivity contribution in [3.8, 4) is 0 Å². The Balaban J connectivity index is 2.03. The standard InChI is InChI=1S/C14H10ClN5O5/c1-18-11-10(12(22)17-14(18)23)19(13(15)16-11)6-9(21)7-2-4-8(5-3-7)20(24)25/h2-5H,6H2,1H3,(H,17,22,23). The highest BCUT2D eigenvalue weighted by atomic mass is 35.5. The number of imidazole rings is 1. The van der Waals surface area contributed by atoms with E-state index in [9.17, 15) is 24.5 Å². The summed E-state index contributed by atoms with van der Waals surface area (Å²) in [6.45, 7) is -0.311. The Labute approximate surface area is 143 Å². The molecule has 0 radical (unpaired) electrons. The molecule has 25 heavy (non-hydrogen) atoms. The molecule has 128 valence electrons. The van der Waals surface area contributed by atoms with E-state index in [1.54, 1.807) is 0 Å². The molecule has 0 atom stereocenters. The van der Waals surface area contributed by atoms with Crippen molar-refractivity contribution in [3.05, 3.63) is 66.1 Å². The van der Waals surface area contributed by atoms with Crippen LogP contribution in [0, 0.1) is 10.1 Å². The molecule has 0 saturated carbocycles. The molecular formula is C14H10ClN5O5. The van der Waals surface area contributed by atoms with Crippen LogP contribution >= 0.6 is 11.6 Å². The van der Waals surface area contributed by atoms with Crippen molar-refractivity contribution in [2.24, 2.45) is 7.05 Å². The number of fused-ring (bicyclic) bond motifs is 1. The number of aromatic amines is 1. The first-order chi connectivity index (χ1) is 11.8. The van der Waals surface area contributed by atoms with Crippen LogP contribution in [0.5, 0.6) is 0 Å². The van der Waals surface area contributed by atoms with Crippen LogP contribution in [0.25, 0.3) is 11.2 Å². The molecule has 2 aromatic heterocycles. The van der Waals surface area contributed by atoms with Crippen LogP contribution in [0.2, 0.25) is 5.28 Å². The summed E-state index contributed by atoms with van der Waals surface area (Å²) in [5.41, 5.74) is -1.26. The fraction of sp³-hybridized carbons (Fsp3) is 0.143. The second-order valence-corrected chi connectivity index (χ2v) is 5.52. The number of nitrogens with zero attached hydrogens (tertiary/aromatic N) is 4. The zero-order chi connectivity index (χ0) is 18.3. The number of non-ortho nitro benzene ring substituents is 1. The molecule has 2 heterocycles. The molecule has 0 spiro atoms. The number of nitro benzene ring substituents is 1. The van der Waals surface area contributed by atoms with Crippen LogP contribution in [0.15, 0.2) is 33.9 Å². The molecule has 1 N–H and O–H groups in total. The Morgan fingerprint density at radius 2 is 1.96 bits per heavy atom. The number of hydrogen-bond acceptors (Lipinski definition) is 6. The lowest BCUT2D eigenvalue weighted by Crippen LogP contribution is -2.29. The van der Waals surface area contributed by atoms with Gasteiger partial charge in [-0.15, -0.1) is 0 Å². The third kappa shape index (κ3) is 2.83. The molecule has 0 aliphatic rings. The van der Waals surface area contributed by atoms with Gasteiger partial charge in [-0.1, -0.05) is 0 Å². The monoisotopic (exact) mass is 363 g/mol. The van der Waals surface area contributed by atoms with Gasteiger partial charge in [-0.3, -0.25) is 29.3 Å². The van der Waals surface area contributed by atoms with E-state index in [-0.39, 0.29) is 34.2 Å². The van der Waals surface area contributed by atoms with Gasteiger partial charge in [0.05, 0.1) is 11.5 Å². The summed E-state index contributed by atoms with van der Waals surface area (Å²) in [6.07, 6.45) is 0. The minimum Gasteiger partial charge on any atom is -0.301 e. The number of nitro groups is 1. The second kappa shape index (κ2) is 5.98. The molecule has 0 fully saturated rings. The molecule has 1 aromatic carbocycles. The van der Waals surface area contributed by atoms with Gasteiger partial charge >= 0.3 is 5.69 Å². The van der Waals surface area contributed by atoms with Crippen molar-refractivity contribution in [3.63, 3.8) is 0 Å². The maximum atomic E-state index is 12.4. The summed E-state index contributed by atoms with van der Waals surface area (Å²) in [4.78, 5) is 52.2. The Morgan fingerprint density at radius 3 is 2.56 bits per heavy atom. The van der Waals surface area contributed by atoms with Crippen molar-refractivity contribution < 1.29 is 9.72 Å². The maximum Gasteiger partial charge on any atom is 0.329 e. The summed E-state index contributed by atoms with van der Waals surface area (Å²) in [6, 6.07) is 5.04. The fourth-order valence-electron chi connectivity index (χ4n) is 2.36. The molecule has 0 aliphatic carbocycles. The highest BCUT2D eigenvalue weighted by molar-refractivity contribution is 6.29. The van der Waals surface area contributed by atoms with Crippen molar-refractivity contribution in [1.29, 1.82) is 0 Å². The first-order valence-corrected chi connectivity index (χ1v) is 7.30. The fourth-order valence-corrected chi connectivity index (χ4v) is 2.58. The van der Waals surface area contributed by atoms with E-state index in [1.165, 1.54) is 35.9 Å². The highest BCUT2D eigenvalue weighted by Crippen LogP contribution is 2.17. The van der Waals surface area contributed by atoms with E-state index in [1.807, 2.05) is 0 Å². The zero-order valence-corrected chi connectivity index (χ0v) is 13.5. The van der Waals surface area contributed by atoms with Gasteiger partial charge in [0.15, 0.2) is 16.9 Å². The number of carbonyl (C=O) groups is 1. The van der Waals surface area contributed by atoms with Crippen molar-refractivity contribution in [2.75, 3.05) is 0 Å². The van der Waals surface area contributed by atoms with E-state index >= 15 is 0 Å². The first kappa shape index (κ1) is 16.6. The first-order valence-electron chi connectivity index (χ1n) is 6.92. The zero-order valence-electron chi connectivity index (χ0n) is 12.7. The maximum absolute atomic E-state index is 12.4. The number of ketones is 1. The molecule has 10 nitrogen and oxygen atoms in total. The van der Waals surface area contributed by atoms with Gasteiger partial charge < -0.3 is 4.57 Å². The van der Waals surface area contributed by atoms with Gasteiger partial charge in [-0.2, -0.15) is 4.98 Å². The Hall–Kier alpha value is -3.27. The molecule has 3 aromatic rings. The number of halogens is 1. The topological polar surface area (TPSA) is 133 Å². The molecule has 0 bridgehead atoms. The number of benzene rings is 1. The summed E-state index contributed by atoms with van der Waals surface area (Å²) < 4.78 is 2.29. The van der Waals surface area contributed by atoms with Gasteiger partial charge in [0.2, 0.25) is 5.28 Å². The summed E-state index contributed by atoms with van der Waals surface area (Å²) in [7, 11) is 1.41. The van der Waals surface area contributed by atoms with Gasteiger partial charge in [0, 0.05) is 24.7 Å². The van der Waals surface area contributed by atoms with Crippen molar-refractivity contribution in [2.45, 2.75) is 6.54 Å². The summed E-state index contributed by atoms with van der Waals surface area (Å²) >= 11 is 6.00. The Morgan fingerprint density at radius 1 is 1.32 bits per heavy atom. The highest BCUT2D eigenvalue weighted by Gasteiger charge is 2.19. The lowest BCUT2D eigenvalue weighted by Gasteiger charge is -2.05. The smallest absolute Gasteiger partial charge is 0.301 e. The van der Waals surface area contributed by atoms with Crippen LogP contribution in [-0.2, 0) is 13.6 Å². The number of nitrogens with one attached hydrogen (secondary N) is 1. The Bertz CT molecular complexity index is 1130. The Kier molecular flexibility index (Phi) is 3.97. The molecule has 11 heteroatoms. The van der Waals surface area contributed by atoms with Crippen LogP contribution in [0.3, 0.4) is 0 Å². The molecule has 0 amide bonds. The molecule has 0 saturated heterocycles. The summed E-state index contributed by atoms with van der Waals surface area (Å²) in [5, 5.41) is 10.5. The normalized spacial score (nSPS) is 11.0. The number of hydrogen-bond donors (Lipinski definition) is 1. The van der Waals surface area contributed by atoms with Crippen LogP contribution < -0.4 is 11.2 Å². The minimum absolute atomic E-state index is 0.0117. The number of aryl methyl sites for hydroxylation is 1. The number of carbonyl (C=O) groups excluding carboxylic acids is 1. The third-order valence-electron chi connectivity index (χ3n) is 3.66.